The van der Waals surface area contributed by atoms with Crippen LogP contribution in [0.1, 0.15) is 70.4 Å². The number of aromatic nitrogens is 1. The Hall–Kier alpha value is -1.52. The maximum absolute atomic E-state index is 12.3. The summed E-state index contributed by atoms with van der Waals surface area (Å²) in [6.45, 7) is 9.05. The van der Waals surface area contributed by atoms with Crippen molar-refractivity contribution in [2.45, 2.75) is 65.0 Å². The molecule has 0 aromatic carbocycles. The highest BCUT2D eigenvalue weighted by atomic mass is 16.5. The zero-order valence-electron chi connectivity index (χ0n) is 12.8. The molecule has 0 bridgehead atoms. The predicted octanol–water partition coefficient (Wildman–Crippen LogP) is 3.44. The number of nitrogens with zero attached hydrogens (tertiary/aromatic N) is 2. The van der Waals surface area contributed by atoms with E-state index in [2.05, 4.69) is 31.2 Å². The lowest BCUT2D eigenvalue weighted by molar-refractivity contribution is 0.179. The van der Waals surface area contributed by atoms with Crippen LogP contribution in [0.5, 0.6) is 0 Å². The largest absolute Gasteiger partial charge is 0.359 e. The van der Waals surface area contributed by atoms with Crippen LogP contribution in [0.4, 0.5) is 4.79 Å². The standard InChI is InChI=1S/C15H25N3O2/c1-5-11(4)16-15(19)18-8-6-7-13(18)14-9-12(10(2)3)17-20-14/h9-11,13H,5-8H2,1-4H3,(H,16,19)/t11-,13-/m0/s1. The molecule has 5 nitrogen and oxygen atoms in total. The third-order valence-corrected chi connectivity index (χ3v) is 3.96. The van der Waals surface area contributed by atoms with Crippen molar-refractivity contribution >= 4 is 6.03 Å². The number of urea groups is 1. The maximum atomic E-state index is 12.3. The Morgan fingerprint density at radius 1 is 1.55 bits per heavy atom. The van der Waals surface area contributed by atoms with Gasteiger partial charge in [0.25, 0.3) is 0 Å². The molecular weight excluding hydrogens is 254 g/mol. The van der Waals surface area contributed by atoms with Crippen LogP contribution >= 0.6 is 0 Å². The summed E-state index contributed by atoms with van der Waals surface area (Å²) in [5, 5.41) is 7.12. The number of hydrogen-bond donors (Lipinski definition) is 1. The molecule has 2 heterocycles. The van der Waals surface area contributed by atoms with Gasteiger partial charge in [0.05, 0.1) is 11.7 Å². The SMILES string of the molecule is CC[C@H](C)NC(=O)N1CCC[C@H]1c1cc(C(C)C)no1. The van der Waals surface area contributed by atoms with E-state index in [9.17, 15) is 4.79 Å². The topological polar surface area (TPSA) is 58.4 Å². The van der Waals surface area contributed by atoms with Gasteiger partial charge in [0.2, 0.25) is 0 Å². The van der Waals surface area contributed by atoms with E-state index in [-0.39, 0.29) is 18.1 Å². The van der Waals surface area contributed by atoms with Gasteiger partial charge in [0, 0.05) is 18.7 Å². The Morgan fingerprint density at radius 2 is 2.30 bits per heavy atom. The number of nitrogens with one attached hydrogen (secondary N) is 1. The van der Waals surface area contributed by atoms with E-state index in [1.807, 2.05) is 17.9 Å². The first-order valence-electron chi connectivity index (χ1n) is 7.56. The second-order valence-electron chi connectivity index (χ2n) is 5.92. The van der Waals surface area contributed by atoms with Gasteiger partial charge in [-0.3, -0.25) is 0 Å². The van der Waals surface area contributed by atoms with E-state index >= 15 is 0 Å². The van der Waals surface area contributed by atoms with Crippen molar-refractivity contribution in [1.82, 2.24) is 15.4 Å². The summed E-state index contributed by atoms with van der Waals surface area (Å²) >= 11 is 0. The zero-order chi connectivity index (χ0) is 14.7. The molecule has 0 unspecified atom stereocenters. The molecule has 2 rings (SSSR count). The van der Waals surface area contributed by atoms with Crippen LogP contribution in [0.25, 0.3) is 0 Å². The van der Waals surface area contributed by atoms with E-state index in [4.69, 9.17) is 4.52 Å². The highest BCUT2D eigenvalue weighted by Crippen LogP contribution is 2.33. The van der Waals surface area contributed by atoms with Crippen molar-refractivity contribution in [2.75, 3.05) is 6.54 Å². The minimum Gasteiger partial charge on any atom is -0.359 e. The fourth-order valence-electron chi connectivity index (χ4n) is 2.43. The summed E-state index contributed by atoms with van der Waals surface area (Å²) in [5.74, 6) is 1.15. The van der Waals surface area contributed by atoms with Crippen LogP contribution in [0.2, 0.25) is 0 Å². The first-order chi connectivity index (χ1) is 9.52. The molecule has 1 aliphatic heterocycles. The van der Waals surface area contributed by atoms with Gasteiger partial charge in [0.1, 0.15) is 0 Å². The summed E-state index contributed by atoms with van der Waals surface area (Å²) < 4.78 is 5.45. The second kappa shape index (κ2) is 6.29. The number of hydrogen-bond acceptors (Lipinski definition) is 3. The maximum Gasteiger partial charge on any atom is 0.318 e. The van der Waals surface area contributed by atoms with Gasteiger partial charge in [-0.1, -0.05) is 25.9 Å². The molecule has 0 aliphatic carbocycles. The molecule has 1 aliphatic rings. The highest BCUT2D eigenvalue weighted by molar-refractivity contribution is 5.75. The molecule has 0 radical (unpaired) electrons. The molecule has 1 N–H and O–H groups in total. The van der Waals surface area contributed by atoms with Gasteiger partial charge in [-0.05, 0) is 32.1 Å². The lowest BCUT2D eigenvalue weighted by Gasteiger charge is -2.24. The number of likely N-dealkylation sites (tertiary alicyclic amines) is 1. The first kappa shape index (κ1) is 14.9. The Bertz CT molecular complexity index is 456. The molecule has 5 heteroatoms. The summed E-state index contributed by atoms with van der Waals surface area (Å²) in [4.78, 5) is 14.2. The molecule has 1 saturated heterocycles. The van der Waals surface area contributed by atoms with Crippen LogP contribution in [-0.2, 0) is 0 Å². The molecule has 20 heavy (non-hydrogen) atoms. The molecular formula is C15H25N3O2. The van der Waals surface area contributed by atoms with E-state index in [0.29, 0.717) is 5.92 Å². The molecule has 1 aromatic heterocycles. The normalized spacial score (nSPS) is 20.4. The van der Waals surface area contributed by atoms with Crippen molar-refractivity contribution < 1.29 is 9.32 Å². The molecule has 1 fully saturated rings. The van der Waals surface area contributed by atoms with E-state index in [0.717, 1.165) is 37.3 Å². The molecule has 0 spiro atoms. The summed E-state index contributed by atoms with van der Waals surface area (Å²) in [7, 11) is 0. The number of rotatable bonds is 4. The fraction of sp³-hybridized carbons (Fsp3) is 0.733. The van der Waals surface area contributed by atoms with Crippen LogP contribution in [0.15, 0.2) is 10.6 Å². The molecule has 1 aromatic rings. The predicted molar refractivity (Wildman–Crippen MR) is 77.6 cm³/mol. The van der Waals surface area contributed by atoms with Crippen molar-refractivity contribution in [3.05, 3.63) is 17.5 Å². The lowest BCUT2D eigenvalue weighted by atomic mass is 10.1. The van der Waals surface area contributed by atoms with Crippen molar-refractivity contribution in [2.24, 2.45) is 0 Å². The van der Waals surface area contributed by atoms with E-state index < -0.39 is 0 Å². The average Bonchev–Trinajstić information content (AvgIpc) is 3.06. The number of amides is 2. The smallest absolute Gasteiger partial charge is 0.318 e. The third kappa shape index (κ3) is 3.14. The second-order valence-corrected chi connectivity index (χ2v) is 5.92. The Morgan fingerprint density at radius 3 is 2.90 bits per heavy atom. The number of carbonyl (C=O) groups excluding carboxylic acids is 1. The van der Waals surface area contributed by atoms with Crippen molar-refractivity contribution in [3.8, 4) is 0 Å². The third-order valence-electron chi connectivity index (χ3n) is 3.96. The molecule has 112 valence electrons. The summed E-state index contributed by atoms with van der Waals surface area (Å²) in [5.41, 5.74) is 0.953. The minimum absolute atomic E-state index is 0.00402. The molecule has 2 atom stereocenters. The van der Waals surface area contributed by atoms with Crippen LogP contribution in [0.3, 0.4) is 0 Å². The van der Waals surface area contributed by atoms with Gasteiger partial charge in [0.15, 0.2) is 5.76 Å². The van der Waals surface area contributed by atoms with E-state index in [1.54, 1.807) is 0 Å². The Labute approximate surface area is 120 Å². The van der Waals surface area contributed by atoms with E-state index in [1.165, 1.54) is 0 Å². The van der Waals surface area contributed by atoms with Gasteiger partial charge in [-0.15, -0.1) is 0 Å². The Balaban J connectivity index is 2.08. The van der Waals surface area contributed by atoms with Gasteiger partial charge < -0.3 is 14.7 Å². The number of carbonyl (C=O) groups is 1. The minimum atomic E-state index is 0.00402. The van der Waals surface area contributed by atoms with Crippen molar-refractivity contribution in [1.29, 1.82) is 0 Å². The van der Waals surface area contributed by atoms with Crippen LogP contribution in [0, 0.1) is 0 Å². The van der Waals surface area contributed by atoms with Gasteiger partial charge in [-0.2, -0.15) is 0 Å². The molecule has 0 saturated carbocycles. The van der Waals surface area contributed by atoms with Crippen molar-refractivity contribution in [3.63, 3.8) is 0 Å². The van der Waals surface area contributed by atoms with Crippen LogP contribution in [-0.4, -0.2) is 28.7 Å². The quantitative estimate of drug-likeness (QED) is 0.918. The monoisotopic (exact) mass is 279 g/mol. The Kier molecular flexibility index (Phi) is 4.68. The van der Waals surface area contributed by atoms with Crippen LogP contribution < -0.4 is 5.32 Å². The first-order valence-corrected chi connectivity index (χ1v) is 7.56. The highest BCUT2D eigenvalue weighted by Gasteiger charge is 2.33. The lowest BCUT2D eigenvalue weighted by Crippen LogP contribution is -2.43. The molecule has 2 amide bonds. The average molecular weight is 279 g/mol. The van der Waals surface area contributed by atoms with Gasteiger partial charge >= 0.3 is 6.03 Å². The summed E-state index contributed by atoms with van der Waals surface area (Å²) in [6.07, 6.45) is 2.89. The fourth-order valence-corrected chi connectivity index (χ4v) is 2.43. The summed E-state index contributed by atoms with van der Waals surface area (Å²) in [6, 6.07) is 2.22. The van der Waals surface area contributed by atoms with Gasteiger partial charge in [-0.25, -0.2) is 4.79 Å². The zero-order valence-corrected chi connectivity index (χ0v) is 12.8.